The summed E-state index contributed by atoms with van der Waals surface area (Å²) >= 11 is 0. The van der Waals surface area contributed by atoms with Gasteiger partial charge < -0.3 is 1.43 Å². The summed E-state index contributed by atoms with van der Waals surface area (Å²) in [6.07, 6.45) is 0. The van der Waals surface area contributed by atoms with Gasteiger partial charge in [0.1, 0.15) is 0 Å². The van der Waals surface area contributed by atoms with E-state index >= 15 is 0 Å². The van der Waals surface area contributed by atoms with Crippen molar-refractivity contribution >= 4 is 10.4 Å². The second kappa shape index (κ2) is 13.9. The van der Waals surface area contributed by atoms with Gasteiger partial charge in [-0.2, -0.15) is 8.42 Å². The third kappa shape index (κ3) is 11.1. The van der Waals surface area contributed by atoms with E-state index in [1.807, 2.05) is 24.3 Å². The van der Waals surface area contributed by atoms with Crippen LogP contribution in [0.4, 0.5) is 0 Å². The van der Waals surface area contributed by atoms with Gasteiger partial charge in [0.25, 0.3) is 0 Å². The van der Waals surface area contributed by atoms with E-state index in [0.29, 0.717) is 0 Å². The van der Waals surface area contributed by atoms with Crippen LogP contribution in [0.3, 0.4) is 0 Å². The number of benzene rings is 4. The van der Waals surface area contributed by atoms with Crippen LogP contribution in [-0.4, -0.2) is 17.5 Å². The van der Waals surface area contributed by atoms with E-state index in [1.165, 1.54) is 22.3 Å². The van der Waals surface area contributed by atoms with Crippen molar-refractivity contribution in [3.8, 4) is 22.3 Å². The molecule has 4 aromatic carbocycles. The van der Waals surface area contributed by atoms with Crippen molar-refractivity contribution in [2.75, 3.05) is 0 Å². The summed E-state index contributed by atoms with van der Waals surface area (Å²) in [7, 11) is -4.67. The molecule has 4 aromatic rings. The molecular weight excluding hydrogens is 407 g/mol. The summed E-state index contributed by atoms with van der Waals surface area (Å²) in [5.74, 6) is 0. The van der Waals surface area contributed by atoms with Crippen molar-refractivity contribution in [3.63, 3.8) is 0 Å². The summed E-state index contributed by atoms with van der Waals surface area (Å²) in [6.45, 7) is 0. The van der Waals surface area contributed by atoms with Crippen molar-refractivity contribution in [2.45, 2.75) is 0 Å². The van der Waals surface area contributed by atoms with Crippen molar-refractivity contribution < 1.29 is 48.5 Å². The first-order valence-corrected chi connectivity index (χ1v) is 10.2. The molecule has 0 saturated carbocycles. The summed E-state index contributed by atoms with van der Waals surface area (Å²) in [5, 5.41) is 0. The zero-order valence-corrected chi connectivity index (χ0v) is 19.5. The molecule has 0 aromatic heterocycles. The van der Waals surface area contributed by atoms with E-state index in [9.17, 15) is 0 Å². The summed E-state index contributed by atoms with van der Waals surface area (Å²) in [5.41, 5.74) is 5.10. The van der Waals surface area contributed by atoms with Crippen LogP contribution in [0.25, 0.3) is 22.3 Å². The minimum Gasteiger partial charge on any atom is -1.00 e. The Balaban J connectivity index is 0.000000457. The van der Waals surface area contributed by atoms with Gasteiger partial charge >= 0.3 is 40.0 Å². The van der Waals surface area contributed by atoms with Gasteiger partial charge in [0.15, 0.2) is 0 Å². The second-order valence-corrected chi connectivity index (χ2v) is 6.81. The fraction of sp³-hybridized carbons (Fsp3) is 0. The Morgan fingerprint density at radius 1 is 0.433 bits per heavy atom. The Kier molecular flexibility index (Phi) is 11.9. The third-order valence-corrected chi connectivity index (χ3v) is 3.76. The number of rotatable bonds is 2. The van der Waals surface area contributed by atoms with Crippen LogP contribution in [0.1, 0.15) is 1.43 Å². The van der Waals surface area contributed by atoms with E-state index in [1.54, 1.807) is 0 Å². The Bertz CT molecular complexity index is 906. The van der Waals surface area contributed by atoms with E-state index < -0.39 is 10.4 Å². The molecule has 0 aliphatic carbocycles. The molecule has 0 unspecified atom stereocenters. The zero-order chi connectivity index (χ0) is 21.0. The minimum atomic E-state index is -4.67. The Morgan fingerprint density at radius 3 is 0.700 bits per heavy atom. The molecule has 0 saturated heterocycles. The van der Waals surface area contributed by atoms with Crippen molar-refractivity contribution in [1.82, 2.24) is 0 Å². The van der Waals surface area contributed by atoms with Gasteiger partial charge in [-0.3, -0.25) is 9.11 Å². The average molecular weight is 431 g/mol. The van der Waals surface area contributed by atoms with Crippen LogP contribution in [0.2, 0.25) is 0 Å². The quantitative estimate of drug-likeness (QED) is 0.378. The predicted octanol–water partition coefficient (Wildman–Crippen LogP) is 3.17. The van der Waals surface area contributed by atoms with Crippen LogP contribution < -0.4 is 29.6 Å². The maximum Gasteiger partial charge on any atom is 1.00 e. The van der Waals surface area contributed by atoms with Crippen LogP contribution in [-0.2, 0) is 10.4 Å². The first kappa shape index (κ1) is 25.8. The topological polar surface area (TPSA) is 74.6 Å². The van der Waals surface area contributed by atoms with Gasteiger partial charge in [0.05, 0.1) is 0 Å². The van der Waals surface area contributed by atoms with Crippen molar-refractivity contribution in [2.24, 2.45) is 0 Å². The molecule has 0 fully saturated rings. The Labute approximate surface area is 201 Å². The molecule has 0 bridgehead atoms. The van der Waals surface area contributed by atoms with Crippen molar-refractivity contribution in [1.29, 1.82) is 0 Å². The molecule has 0 amide bonds. The van der Waals surface area contributed by atoms with Crippen LogP contribution >= 0.6 is 0 Å². The summed E-state index contributed by atoms with van der Waals surface area (Å²) in [4.78, 5) is 0. The Morgan fingerprint density at radius 2 is 0.567 bits per heavy atom. The van der Waals surface area contributed by atoms with Gasteiger partial charge in [0.2, 0.25) is 0 Å². The SMILES string of the molecule is O=S(=O)(O)O.[H-].[Na+].c1ccc(-c2ccccc2)cc1.c1ccc(-c2ccccc2)cc1. The Hall–Kier alpha value is -2.25. The minimum absolute atomic E-state index is 0. The number of hydrogen-bond acceptors (Lipinski definition) is 2. The fourth-order valence-corrected chi connectivity index (χ4v) is 2.52. The zero-order valence-electron chi connectivity index (χ0n) is 17.7. The van der Waals surface area contributed by atoms with Crippen LogP contribution in [0.15, 0.2) is 121 Å². The van der Waals surface area contributed by atoms with E-state index in [2.05, 4.69) is 97.1 Å². The van der Waals surface area contributed by atoms with Gasteiger partial charge in [-0.05, 0) is 22.3 Å². The number of hydrogen-bond donors (Lipinski definition) is 2. The smallest absolute Gasteiger partial charge is 1.00 e. The molecule has 4 nitrogen and oxygen atoms in total. The average Bonchev–Trinajstić information content (AvgIpc) is 2.76. The molecule has 0 heterocycles. The fourth-order valence-electron chi connectivity index (χ4n) is 2.52. The molecule has 0 radical (unpaired) electrons. The second-order valence-electron chi connectivity index (χ2n) is 5.91. The monoisotopic (exact) mass is 430 g/mol. The molecular formula is C24H23NaO4S. The molecule has 0 atom stereocenters. The van der Waals surface area contributed by atoms with Gasteiger partial charge in [-0.25, -0.2) is 0 Å². The summed E-state index contributed by atoms with van der Waals surface area (Å²) < 4.78 is 31.6. The standard InChI is InChI=1S/2C12H10.Na.H2O4S.H/c2*1-3-7-11(8-4-1)12-9-5-2-6-10-12;;1-5(2,3)4;/h2*1-10H;;(H2,1,2,3,4);/q;;+1;;-1. The van der Waals surface area contributed by atoms with Crippen LogP contribution in [0.5, 0.6) is 0 Å². The van der Waals surface area contributed by atoms with Crippen molar-refractivity contribution in [3.05, 3.63) is 121 Å². The maximum atomic E-state index is 8.74. The summed E-state index contributed by atoms with van der Waals surface area (Å²) in [6, 6.07) is 41.6. The largest absolute Gasteiger partial charge is 1.00 e. The van der Waals surface area contributed by atoms with Gasteiger partial charge in [-0.1, -0.05) is 121 Å². The molecule has 30 heavy (non-hydrogen) atoms. The molecule has 0 spiro atoms. The first-order chi connectivity index (χ1) is 13.9. The van der Waals surface area contributed by atoms with E-state index in [0.717, 1.165) is 0 Å². The van der Waals surface area contributed by atoms with Gasteiger partial charge in [-0.15, -0.1) is 0 Å². The first-order valence-electron chi connectivity index (χ1n) is 8.84. The predicted molar refractivity (Wildman–Crippen MR) is 119 cm³/mol. The van der Waals surface area contributed by atoms with E-state index in [4.69, 9.17) is 17.5 Å². The van der Waals surface area contributed by atoms with Crippen LogP contribution in [0, 0.1) is 0 Å². The molecule has 2 N–H and O–H groups in total. The molecule has 0 aliphatic rings. The molecule has 4 rings (SSSR count). The van der Waals surface area contributed by atoms with E-state index in [-0.39, 0.29) is 31.0 Å². The third-order valence-electron chi connectivity index (χ3n) is 3.76. The van der Waals surface area contributed by atoms with Gasteiger partial charge in [0, 0.05) is 0 Å². The molecule has 6 heteroatoms. The molecule has 0 aliphatic heterocycles. The normalized spacial score (nSPS) is 9.67. The molecule has 150 valence electrons. The maximum absolute atomic E-state index is 8.74.